The van der Waals surface area contributed by atoms with Crippen molar-refractivity contribution in [3.8, 4) is 11.4 Å². The van der Waals surface area contributed by atoms with Crippen LogP contribution in [0.1, 0.15) is 19.5 Å². The molecule has 4 aromatic heterocycles. The van der Waals surface area contributed by atoms with Crippen molar-refractivity contribution in [2.24, 2.45) is 0 Å². The van der Waals surface area contributed by atoms with Crippen LogP contribution >= 0.6 is 0 Å². The fraction of sp³-hybridized carbons (Fsp3) is 0.286. The standard InChI is InChI=1S/C21H25N9O2/c1-3-25-29-19-17(20(31)30(21(29)32)26-4-2)27-18(28-19)14-8-9-16(24-13-14)23-12-10-15-7-5-6-11-22-15/h5-9,11,13,25-26H,3-4,10,12H2,1-2H3,(H,23,24)(H,27,28). The predicted octanol–water partition coefficient (Wildman–Crippen LogP) is 1.12. The van der Waals surface area contributed by atoms with Crippen LogP contribution in [0.25, 0.3) is 22.6 Å². The minimum atomic E-state index is -0.533. The van der Waals surface area contributed by atoms with Crippen molar-refractivity contribution in [1.82, 2.24) is 29.3 Å². The van der Waals surface area contributed by atoms with Gasteiger partial charge in [-0.25, -0.2) is 14.8 Å². The summed E-state index contributed by atoms with van der Waals surface area (Å²) in [6, 6.07) is 9.53. The van der Waals surface area contributed by atoms with E-state index in [9.17, 15) is 9.59 Å². The summed E-state index contributed by atoms with van der Waals surface area (Å²) in [5.74, 6) is 1.17. The zero-order valence-corrected chi connectivity index (χ0v) is 17.9. The van der Waals surface area contributed by atoms with Crippen molar-refractivity contribution in [1.29, 1.82) is 0 Å². The van der Waals surface area contributed by atoms with E-state index in [0.717, 1.165) is 22.6 Å². The predicted molar refractivity (Wildman–Crippen MR) is 124 cm³/mol. The minimum Gasteiger partial charge on any atom is -0.370 e. The molecule has 0 fully saturated rings. The Morgan fingerprint density at radius 3 is 2.50 bits per heavy atom. The smallest absolute Gasteiger partial charge is 0.370 e. The van der Waals surface area contributed by atoms with Gasteiger partial charge in [0.25, 0.3) is 0 Å². The highest BCUT2D eigenvalue weighted by atomic mass is 16.2. The highest BCUT2D eigenvalue weighted by Gasteiger charge is 2.18. The first kappa shape index (κ1) is 21.1. The molecule has 0 saturated carbocycles. The molecule has 166 valence electrons. The topological polar surface area (TPSA) is 135 Å². The van der Waals surface area contributed by atoms with Gasteiger partial charge in [0, 0.05) is 49.7 Å². The van der Waals surface area contributed by atoms with Crippen molar-refractivity contribution in [3.05, 3.63) is 69.3 Å². The molecule has 32 heavy (non-hydrogen) atoms. The van der Waals surface area contributed by atoms with Gasteiger partial charge < -0.3 is 21.2 Å². The molecule has 0 aliphatic carbocycles. The molecule has 4 rings (SSSR count). The summed E-state index contributed by atoms with van der Waals surface area (Å²) < 4.78 is 2.24. The number of aromatic nitrogens is 6. The van der Waals surface area contributed by atoms with Gasteiger partial charge in [-0.2, -0.15) is 9.35 Å². The Bertz CT molecular complexity index is 1310. The zero-order valence-electron chi connectivity index (χ0n) is 17.9. The molecule has 4 N–H and O–H groups in total. The summed E-state index contributed by atoms with van der Waals surface area (Å²) in [5, 5.41) is 3.26. The molecule has 0 bridgehead atoms. The number of hydrogen-bond donors (Lipinski definition) is 4. The Labute approximate surface area is 183 Å². The molecule has 0 spiro atoms. The number of imidazole rings is 1. The van der Waals surface area contributed by atoms with Crippen LogP contribution in [-0.4, -0.2) is 48.9 Å². The number of nitrogens with one attached hydrogen (secondary N) is 4. The highest BCUT2D eigenvalue weighted by molar-refractivity contribution is 5.75. The quantitative estimate of drug-likeness (QED) is 0.307. The van der Waals surface area contributed by atoms with Gasteiger partial charge in [0.05, 0.1) is 0 Å². The van der Waals surface area contributed by atoms with Crippen molar-refractivity contribution in [2.45, 2.75) is 20.3 Å². The maximum absolute atomic E-state index is 12.8. The summed E-state index contributed by atoms with van der Waals surface area (Å²) in [6.45, 7) is 5.28. The molecule has 0 aliphatic heterocycles. The van der Waals surface area contributed by atoms with Crippen LogP contribution < -0.4 is 27.4 Å². The van der Waals surface area contributed by atoms with Crippen LogP contribution in [0, 0.1) is 0 Å². The molecule has 0 saturated heterocycles. The lowest BCUT2D eigenvalue weighted by molar-refractivity contribution is 0.694. The van der Waals surface area contributed by atoms with Gasteiger partial charge in [0.15, 0.2) is 11.2 Å². The third-order valence-corrected chi connectivity index (χ3v) is 4.78. The molecule has 11 nitrogen and oxygen atoms in total. The number of rotatable bonds is 9. The lowest BCUT2D eigenvalue weighted by Gasteiger charge is -2.11. The molecule has 0 aliphatic rings. The highest BCUT2D eigenvalue weighted by Crippen LogP contribution is 2.18. The van der Waals surface area contributed by atoms with Crippen LogP contribution in [0.3, 0.4) is 0 Å². The van der Waals surface area contributed by atoms with E-state index in [-0.39, 0.29) is 11.2 Å². The van der Waals surface area contributed by atoms with Crippen molar-refractivity contribution < 1.29 is 0 Å². The van der Waals surface area contributed by atoms with Gasteiger partial charge in [0.2, 0.25) is 0 Å². The number of fused-ring (bicyclic) bond motifs is 1. The van der Waals surface area contributed by atoms with Crippen molar-refractivity contribution >= 4 is 17.0 Å². The normalized spacial score (nSPS) is 10.9. The molecule has 11 heteroatoms. The molecular weight excluding hydrogens is 410 g/mol. The maximum Gasteiger partial charge on any atom is 0.370 e. The lowest BCUT2D eigenvalue weighted by atomic mass is 10.2. The molecule has 4 aromatic rings. The third kappa shape index (κ3) is 4.17. The van der Waals surface area contributed by atoms with Crippen LogP contribution in [0.15, 0.2) is 52.3 Å². The Balaban J connectivity index is 1.59. The van der Waals surface area contributed by atoms with Gasteiger partial charge in [-0.05, 0) is 38.1 Å². The van der Waals surface area contributed by atoms with Crippen molar-refractivity contribution in [3.63, 3.8) is 0 Å². The number of anilines is 1. The molecule has 4 heterocycles. The summed E-state index contributed by atoms with van der Waals surface area (Å²) in [6.07, 6.45) is 4.23. The fourth-order valence-corrected chi connectivity index (χ4v) is 3.30. The van der Waals surface area contributed by atoms with Crippen LogP contribution in [0.5, 0.6) is 0 Å². The second-order valence-corrected chi connectivity index (χ2v) is 7.00. The second-order valence-electron chi connectivity index (χ2n) is 7.00. The summed E-state index contributed by atoms with van der Waals surface area (Å²) in [4.78, 5) is 41.7. The molecule has 0 amide bonds. The van der Waals surface area contributed by atoms with E-state index in [4.69, 9.17) is 0 Å². The monoisotopic (exact) mass is 435 g/mol. The van der Waals surface area contributed by atoms with E-state index >= 15 is 0 Å². The van der Waals surface area contributed by atoms with E-state index in [1.54, 1.807) is 12.4 Å². The van der Waals surface area contributed by atoms with E-state index < -0.39 is 11.2 Å². The summed E-state index contributed by atoms with van der Waals surface area (Å²) >= 11 is 0. The zero-order chi connectivity index (χ0) is 22.5. The average molecular weight is 435 g/mol. The van der Waals surface area contributed by atoms with E-state index in [1.807, 2.05) is 44.2 Å². The molecule has 0 unspecified atom stereocenters. The van der Waals surface area contributed by atoms with Crippen LogP contribution in [0.2, 0.25) is 0 Å². The molecule has 0 aromatic carbocycles. The summed E-state index contributed by atoms with van der Waals surface area (Å²) in [7, 11) is 0. The number of hydrogen-bond acceptors (Lipinski definition) is 8. The van der Waals surface area contributed by atoms with Gasteiger partial charge in [-0.15, -0.1) is 0 Å². The molecular formula is C21H25N9O2. The first-order valence-electron chi connectivity index (χ1n) is 10.5. The van der Waals surface area contributed by atoms with Crippen LogP contribution in [0.4, 0.5) is 5.82 Å². The van der Waals surface area contributed by atoms with Gasteiger partial charge in [0.1, 0.15) is 11.6 Å². The minimum absolute atomic E-state index is 0.221. The molecule has 0 atom stereocenters. The van der Waals surface area contributed by atoms with Gasteiger partial charge >= 0.3 is 11.2 Å². The van der Waals surface area contributed by atoms with Gasteiger partial charge in [-0.3, -0.25) is 9.78 Å². The second kappa shape index (κ2) is 9.33. The van der Waals surface area contributed by atoms with Gasteiger partial charge in [-0.1, -0.05) is 6.07 Å². The number of pyridine rings is 2. The Morgan fingerprint density at radius 2 is 1.81 bits per heavy atom. The first-order valence-corrected chi connectivity index (χ1v) is 10.5. The van der Waals surface area contributed by atoms with E-state index in [2.05, 4.69) is 36.1 Å². The maximum atomic E-state index is 12.8. The average Bonchev–Trinajstić information content (AvgIpc) is 3.26. The van der Waals surface area contributed by atoms with E-state index in [1.165, 1.54) is 4.68 Å². The summed E-state index contributed by atoms with van der Waals surface area (Å²) in [5.41, 5.74) is 6.87. The SMILES string of the molecule is CCNn1c(=O)c2[nH]c(-c3ccc(NCCc4ccccn4)nc3)nc2n(NCC)c1=O. The Morgan fingerprint density at radius 1 is 1.00 bits per heavy atom. The Kier molecular flexibility index (Phi) is 6.15. The van der Waals surface area contributed by atoms with E-state index in [0.29, 0.717) is 31.0 Å². The third-order valence-electron chi connectivity index (χ3n) is 4.78. The number of nitrogens with zero attached hydrogens (tertiary/aromatic N) is 5. The van der Waals surface area contributed by atoms with Crippen molar-refractivity contribution in [2.75, 3.05) is 35.8 Å². The largest absolute Gasteiger partial charge is 0.370 e. The van der Waals surface area contributed by atoms with Crippen LogP contribution in [-0.2, 0) is 6.42 Å². The number of aromatic amines is 1. The fourth-order valence-electron chi connectivity index (χ4n) is 3.30. The lowest BCUT2D eigenvalue weighted by Crippen LogP contribution is -2.47. The molecule has 0 radical (unpaired) electrons. The first-order chi connectivity index (χ1) is 15.6. The Hall–Kier alpha value is -4.15. The number of H-pyrrole nitrogens is 1.